The molecular weight excluding hydrogens is 404 g/mol. The van der Waals surface area contributed by atoms with E-state index in [0.29, 0.717) is 35.2 Å². The molecule has 7 heteroatoms. The van der Waals surface area contributed by atoms with Gasteiger partial charge in [-0.05, 0) is 43.2 Å². The molecule has 0 unspecified atom stereocenters. The van der Waals surface area contributed by atoms with E-state index in [9.17, 15) is 13.2 Å². The Morgan fingerprint density at radius 2 is 1.92 bits per heavy atom. The fourth-order valence-corrected chi connectivity index (χ4v) is 4.94. The highest BCUT2D eigenvalue weighted by Crippen LogP contribution is 2.38. The number of amides is 1. The minimum Gasteiger partial charge on any atom is -0.310 e. The van der Waals surface area contributed by atoms with Gasteiger partial charge in [0, 0.05) is 23.1 Å². The highest BCUT2D eigenvalue weighted by Gasteiger charge is 2.32. The molecule has 1 aliphatic heterocycles. The van der Waals surface area contributed by atoms with Gasteiger partial charge in [0.15, 0.2) is 0 Å². The summed E-state index contributed by atoms with van der Waals surface area (Å²) in [5.74, 6) is -0.0761. The molecule has 0 fully saturated rings. The molecule has 1 N–H and O–H groups in total. The molecule has 1 heterocycles. The maximum Gasteiger partial charge on any atom is 0.264 e. The van der Waals surface area contributed by atoms with E-state index in [-0.39, 0.29) is 10.8 Å². The average Bonchev–Trinajstić information content (AvgIpc) is 2.98. The molecule has 5 nitrogen and oxygen atoms in total. The number of benzene rings is 2. The number of aryl methyl sites for hydroxylation is 1. The summed E-state index contributed by atoms with van der Waals surface area (Å²) in [6.45, 7) is 4.22. The van der Waals surface area contributed by atoms with Gasteiger partial charge in [0.25, 0.3) is 10.0 Å². The summed E-state index contributed by atoms with van der Waals surface area (Å²) in [6.07, 6.45) is 0.980. The quantitative estimate of drug-likeness (QED) is 0.812. The number of nitrogens with one attached hydrogen (secondary N) is 1. The van der Waals surface area contributed by atoms with Gasteiger partial charge in [0.05, 0.1) is 5.69 Å². The van der Waals surface area contributed by atoms with Crippen molar-refractivity contribution in [1.29, 1.82) is 0 Å². The number of hydrogen-bond acceptors (Lipinski definition) is 3. The summed E-state index contributed by atoms with van der Waals surface area (Å²) in [6, 6.07) is 10.6. The Kier molecular flexibility index (Phi) is 4.88. The predicted octanol–water partition coefficient (Wildman–Crippen LogP) is 3.86. The van der Waals surface area contributed by atoms with Crippen LogP contribution in [0.15, 0.2) is 45.8 Å². The van der Waals surface area contributed by atoms with Crippen molar-refractivity contribution in [2.45, 2.75) is 31.6 Å². The molecule has 3 rings (SSSR count). The van der Waals surface area contributed by atoms with Gasteiger partial charge in [0.2, 0.25) is 5.91 Å². The molecule has 2 aromatic carbocycles. The van der Waals surface area contributed by atoms with Gasteiger partial charge in [-0.3, -0.25) is 9.52 Å². The van der Waals surface area contributed by atoms with Gasteiger partial charge in [-0.2, -0.15) is 0 Å². The Balaban J connectivity index is 2.07. The standard InChI is InChI=1S/C18H19BrN2O3S/c1-3-17(22)21-9-8-13-10-14(19)11-16(18(13)21)25(23,24)20-15-6-4-12(2)5-7-15/h4-7,10-11,20H,3,8-9H2,1-2H3. The Bertz CT molecular complexity index is 924. The van der Waals surface area contributed by atoms with E-state index < -0.39 is 10.0 Å². The molecule has 1 amide bonds. The third kappa shape index (κ3) is 3.57. The highest BCUT2D eigenvalue weighted by molar-refractivity contribution is 9.10. The normalized spacial score (nSPS) is 13.6. The average molecular weight is 423 g/mol. The smallest absolute Gasteiger partial charge is 0.264 e. The molecule has 0 radical (unpaired) electrons. The lowest BCUT2D eigenvalue weighted by Crippen LogP contribution is -2.29. The van der Waals surface area contributed by atoms with Crippen molar-refractivity contribution in [3.8, 4) is 0 Å². The van der Waals surface area contributed by atoms with E-state index in [2.05, 4.69) is 20.7 Å². The molecule has 0 saturated heterocycles. The molecule has 0 atom stereocenters. The number of anilines is 2. The Hall–Kier alpha value is -1.86. The van der Waals surface area contributed by atoms with Crippen LogP contribution in [0.4, 0.5) is 11.4 Å². The zero-order chi connectivity index (χ0) is 18.2. The minimum absolute atomic E-state index is 0.0761. The molecular formula is C18H19BrN2O3S. The van der Waals surface area contributed by atoms with Crippen molar-refractivity contribution >= 4 is 43.2 Å². The van der Waals surface area contributed by atoms with Crippen molar-refractivity contribution in [2.75, 3.05) is 16.2 Å². The van der Waals surface area contributed by atoms with E-state index in [1.54, 1.807) is 30.0 Å². The Labute approximate surface area is 156 Å². The fourth-order valence-electron chi connectivity index (χ4n) is 2.95. The summed E-state index contributed by atoms with van der Waals surface area (Å²) in [7, 11) is -3.82. The largest absolute Gasteiger partial charge is 0.310 e. The molecule has 0 bridgehead atoms. The number of fused-ring (bicyclic) bond motifs is 1. The third-order valence-electron chi connectivity index (χ3n) is 4.19. The van der Waals surface area contributed by atoms with Gasteiger partial charge >= 0.3 is 0 Å². The lowest BCUT2D eigenvalue weighted by molar-refractivity contribution is -0.118. The molecule has 0 aromatic heterocycles. The van der Waals surface area contributed by atoms with E-state index in [4.69, 9.17) is 0 Å². The maximum atomic E-state index is 13.0. The summed E-state index contributed by atoms with van der Waals surface area (Å²) in [5, 5.41) is 0. The second kappa shape index (κ2) is 6.80. The van der Waals surface area contributed by atoms with Crippen molar-refractivity contribution < 1.29 is 13.2 Å². The van der Waals surface area contributed by atoms with Crippen LogP contribution < -0.4 is 9.62 Å². The first-order chi connectivity index (χ1) is 11.8. The third-order valence-corrected chi connectivity index (χ3v) is 6.04. The predicted molar refractivity (Wildman–Crippen MR) is 102 cm³/mol. The van der Waals surface area contributed by atoms with Crippen molar-refractivity contribution in [1.82, 2.24) is 0 Å². The number of halogens is 1. The lowest BCUT2D eigenvalue weighted by atomic mass is 10.2. The van der Waals surface area contributed by atoms with E-state index >= 15 is 0 Å². The fraction of sp³-hybridized carbons (Fsp3) is 0.278. The van der Waals surface area contributed by atoms with E-state index in [1.165, 1.54) is 0 Å². The van der Waals surface area contributed by atoms with E-state index in [0.717, 1.165) is 11.1 Å². The Morgan fingerprint density at radius 3 is 2.56 bits per heavy atom. The van der Waals surface area contributed by atoms with Gasteiger partial charge in [-0.15, -0.1) is 0 Å². The molecule has 2 aromatic rings. The summed E-state index contributed by atoms with van der Waals surface area (Å²) >= 11 is 3.38. The summed E-state index contributed by atoms with van der Waals surface area (Å²) in [5.41, 5.74) is 2.90. The van der Waals surface area contributed by atoms with Crippen LogP contribution in [0.5, 0.6) is 0 Å². The van der Waals surface area contributed by atoms with Crippen LogP contribution in [0, 0.1) is 6.92 Å². The minimum atomic E-state index is -3.82. The summed E-state index contributed by atoms with van der Waals surface area (Å²) < 4.78 is 29.3. The van der Waals surface area contributed by atoms with Crippen LogP contribution in [0.2, 0.25) is 0 Å². The van der Waals surface area contributed by atoms with Crippen LogP contribution in [0.3, 0.4) is 0 Å². The van der Waals surface area contributed by atoms with Crippen LogP contribution in [0.1, 0.15) is 24.5 Å². The maximum absolute atomic E-state index is 13.0. The SMILES string of the molecule is CCC(=O)N1CCc2cc(Br)cc(S(=O)(=O)Nc3ccc(C)cc3)c21. The van der Waals surface area contributed by atoms with Gasteiger partial charge in [-0.25, -0.2) is 8.42 Å². The first kappa shape index (κ1) is 17.9. The van der Waals surface area contributed by atoms with Gasteiger partial charge < -0.3 is 4.90 Å². The first-order valence-electron chi connectivity index (χ1n) is 8.04. The molecule has 0 saturated carbocycles. The molecule has 132 valence electrons. The van der Waals surface area contributed by atoms with Crippen molar-refractivity contribution in [3.05, 3.63) is 52.0 Å². The number of carbonyl (C=O) groups excluding carboxylic acids is 1. The highest BCUT2D eigenvalue weighted by atomic mass is 79.9. The van der Waals surface area contributed by atoms with Crippen LogP contribution in [-0.2, 0) is 21.2 Å². The molecule has 1 aliphatic rings. The molecule has 25 heavy (non-hydrogen) atoms. The molecule has 0 spiro atoms. The number of sulfonamides is 1. The zero-order valence-electron chi connectivity index (χ0n) is 14.0. The second-order valence-electron chi connectivity index (χ2n) is 6.03. The number of carbonyl (C=O) groups is 1. The van der Waals surface area contributed by atoms with Gasteiger partial charge in [-0.1, -0.05) is 40.5 Å². The van der Waals surface area contributed by atoms with Crippen LogP contribution in [-0.4, -0.2) is 20.9 Å². The van der Waals surface area contributed by atoms with Gasteiger partial charge in [0.1, 0.15) is 4.90 Å². The lowest BCUT2D eigenvalue weighted by Gasteiger charge is -2.20. The number of hydrogen-bond donors (Lipinski definition) is 1. The summed E-state index contributed by atoms with van der Waals surface area (Å²) in [4.78, 5) is 13.9. The monoisotopic (exact) mass is 422 g/mol. The number of rotatable bonds is 4. The number of nitrogens with zero attached hydrogens (tertiary/aromatic N) is 1. The zero-order valence-corrected chi connectivity index (χ0v) is 16.4. The van der Waals surface area contributed by atoms with Crippen molar-refractivity contribution in [3.63, 3.8) is 0 Å². The Morgan fingerprint density at radius 1 is 1.24 bits per heavy atom. The van der Waals surface area contributed by atoms with Crippen LogP contribution >= 0.6 is 15.9 Å². The second-order valence-corrected chi connectivity index (χ2v) is 8.60. The molecule has 0 aliphatic carbocycles. The topological polar surface area (TPSA) is 66.5 Å². The van der Waals surface area contributed by atoms with Crippen LogP contribution in [0.25, 0.3) is 0 Å². The van der Waals surface area contributed by atoms with E-state index in [1.807, 2.05) is 25.1 Å². The van der Waals surface area contributed by atoms with Crippen molar-refractivity contribution in [2.24, 2.45) is 0 Å². The first-order valence-corrected chi connectivity index (χ1v) is 10.3.